The molecule has 1 saturated heterocycles. The Bertz CT molecular complexity index is 1190. The van der Waals surface area contributed by atoms with E-state index in [0.29, 0.717) is 28.6 Å². The number of methoxy groups -OCH3 is 1. The van der Waals surface area contributed by atoms with Gasteiger partial charge in [-0.2, -0.15) is 0 Å². The molecule has 2 heterocycles. The summed E-state index contributed by atoms with van der Waals surface area (Å²) in [6, 6.07) is 10.1. The molecular formula is C23H20N2O6S. The number of hydrogen-bond donors (Lipinski definition) is 2. The third-order valence-corrected chi connectivity index (χ3v) is 5.80. The smallest absolute Gasteiger partial charge is 0.301 e. The Morgan fingerprint density at radius 3 is 2.56 bits per heavy atom. The van der Waals surface area contributed by atoms with E-state index in [-0.39, 0.29) is 22.8 Å². The first kappa shape index (κ1) is 21.4. The van der Waals surface area contributed by atoms with E-state index in [1.54, 1.807) is 35.7 Å². The molecule has 1 aliphatic rings. The van der Waals surface area contributed by atoms with Gasteiger partial charge in [-0.1, -0.05) is 6.07 Å². The van der Waals surface area contributed by atoms with Crippen molar-refractivity contribution in [2.45, 2.75) is 13.0 Å². The lowest BCUT2D eigenvalue weighted by molar-refractivity contribution is -0.132. The van der Waals surface area contributed by atoms with E-state index >= 15 is 0 Å². The molecule has 0 spiro atoms. The summed E-state index contributed by atoms with van der Waals surface area (Å²) >= 11 is 1.19. The second-order valence-corrected chi connectivity index (χ2v) is 7.75. The van der Waals surface area contributed by atoms with Crippen LogP contribution in [0.1, 0.15) is 24.1 Å². The fraction of sp³-hybridized carbons (Fsp3) is 0.174. The first-order chi connectivity index (χ1) is 15.5. The average Bonchev–Trinajstić information content (AvgIpc) is 3.41. The van der Waals surface area contributed by atoms with Gasteiger partial charge in [-0.05, 0) is 48.9 Å². The van der Waals surface area contributed by atoms with Crippen LogP contribution in [0.4, 0.5) is 5.13 Å². The molecule has 4 rings (SSSR count). The highest BCUT2D eigenvalue weighted by molar-refractivity contribution is 7.14. The maximum atomic E-state index is 13.1. The predicted molar refractivity (Wildman–Crippen MR) is 119 cm³/mol. The summed E-state index contributed by atoms with van der Waals surface area (Å²) in [7, 11) is 1.40. The average molecular weight is 452 g/mol. The minimum absolute atomic E-state index is 0.0814. The molecule has 32 heavy (non-hydrogen) atoms. The number of ketones is 1. The summed E-state index contributed by atoms with van der Waals surface area (Å²) < 4.78 is 10.6. The highest BCUT2D eigenvalue weighted by Gasteiger charge is 2.48. The zero-order valence-electron chi connectivity index (χ0n) is 17.3. The van der Waals surface area contributed by atoms with Crippen LogP contribution in [-0.2, 0) is 9.59 Å². The number of phenols is 1. The molecule has 8 nitrogen and oxygen atoms in total. The van der Waals surface area contributed by atoms with Crippen LogP contribution in [0.5, 0.6) is 17.2 Å². The van der Waals surface area contributed by atoms with E-state index in [1.165, 1.54) is 41.7 Å². The fourth-order valence-corrected chi connectivity index (χ4v) is 4.24. The van der Waals surface area contributed by atoms with E-state index < -0.39 is 17.7 Å². The van der Waals surface area contributed by atoms with Gasteiger partial charge in [0.1, 0.15) is 11.5 Å². The number of amides is 1. The third-order valence-electron chi connectivity index (χ3n) is 5.03. The highest BCUT2D eigenvalue weighted by atomic mass is 32.1. The van der Waals surface area contributed by atoms with E-state index in [2.05, 4.69) is 4.98 Å². The number of carbonyl (C=O) groups is 2. The van der Waals surface area contributed by atoms with Crippen molar-refractivity contribution in [3.05, 3.63) is 70.7 Å². The molecule has 0 bridgehead atoms. The largest absolute Gasteiger partial charge is 0.507 e. The number of ether oxygens (including phenoxy) is 2. The van der Waals surface area contributed by atoms with Crippen LogP contribution in [0.25, 0.3) is 5.76 Å². The minimum atomic E-state index is -0.956. The van der Waals surface area contributed by atoms with Gasteiger partial charge in [0.2, 0.25) is 0 Å². The molecular weight excluding hydrogens is 432 g/mol. The Labute approximate surface area is 188 Å². The van der Waals surface area contributed by atoms with Crippen molar-refractivity contribution in [3.63, 3.8) is 0 Å². The Morgan fingerprint density at radius 1 is 1.19 bits per heavy atom. The SMILES string of the molecule is CCOc1ccc(/C(O)=C2/C(=O)C(=O)N(c3nccs3)C2c2ccc(O)c(OC)c2)cc1. The van der Waals surface area contributed by atoms with E-state index in [1.807, 2.05) is 6.92 Å². The number of anilines is 1. The Morgan fingerprint density at radius 2 is 1.94 bits per heavy atom. The molecule has 1 unspecified atom stereocenters. The fourth-order valence-electron chi connectivity index (χ4n) is 3.58. The molecule has 0 radical (unpaired) electrons. The van der Waals surface area contributed by atoms with Crippen LogP contribution in [0.2, 0.25) is 0 Å². The van der Waals surface area contributed by atoms with Crippen LogP contribution in [0.15, 0.2) is 59.6 Å². The number of benzene rings is 2. The van der Waals surface area contributed by atoms with Crippen molar-refractivity contribution in [2.24, 2.45) is 0 Å². The molecule has 3 aromatic rings. The Balaban J connectivity index is 1.89. The summed E-state index contributed by atoms with van der Waals surface area (Å²) in [5.74, 6) is -1.25. The molecule has 1 atom stereocenters. The number of rotatable bonds is 6. The molecule has 1 aromatic heterocycles. The number of aliphatic hydroxyl groups excluding tert-OH is 1. The number of nitrogens with zero attached hydrogens (tertiary/aromatic N) is 2. The Hall–Kier alpha value is -3.85. The Kier molecular flexibility index (Phi) is 5.83. The third kappa shape index (κ3) is 3.67. The number of aliphatic hydroxyl groups is 1. The minimum Gasteiger partial charge on any atom is -0.507 e. The lowest BCUT2D eigenvalue weighted by Gasteiger charge is -2.23. The summed E-state index contributed by atoms with van der Waals surface area (Å²) in [6.45, 7) is 2.35. The van der Waals surface area contributed by atoms with Gasteiger partial charge in [-0.15, -0.1) is 11.3 Å². The van der Waals surface area contributed by atoms with Crippen molar-refractivity contribution < 1.29 is 29.3 Å². The standard InChI is InChI=1S/C23H20N2O6S/c1-3-31-15-7-4-13(5-8-15)20(27)18-19(14-6-9-16(26)17(12-14)30-2)25(22(29)21(18)28)23-24-10-11-32-23/h4-12,19,26-27H,3H2,1-2H3/b20-18-. The number of thiazole rings is 1. The van der Waals surface area contributed by atoms with Crippen molar-refractivity contribution >= 4 is 33.9 Å². The van der Waals surface area contributed by atoms with Crippen molar-refractivity contribution in [1.29, 1.82) is 0 Å². The molecule has 164 valence electrons. The second-order valence-electron chi connectivity index (χ2n) is 6.87. The number of hydrogen-bond acceptors (Lipinski definition) is 8. The summed E-state index contributed by atoms with van der Waals surface area (Å²) in [5, 5.41) is 23.1. The van der Waals surface area contributed by atoms with Crippen molar-refractivity contribution in [2.75, 3.05) is 18.6 Å². The maximum absolute atomic E-state index is 13.1. The molecule has 9 heteroatoms. The van der Waals surface area contributed by atoms with Crippen LogP contribution in [0, 0.1) is 0 Å². The van der Waals surface area contributed by atoms with E-state index in [4.69, 9.17) is 9.47 Å². The summed E-state index contributed by atoms with van der Waals surface area (Å²) in [4.78, 5) is 31.5. The van der Waals surface area contributed by atoms with Gasteiger partial charge in [0.05, 0.1) is 25.3 Å². The summed E-state index contributed by atoms with van der Waals surface area (Å²) in [5.41, 5.74) is 0.755. The zero-order chi connectivity index (χ0) is 22.8. The molecule has 1 fully saturated rings. The first-order valence-electron chi connectivity index (χ1n) is 9.76. The quantitative estimate of drug-likeness (QED) is 0.332. The van der Waals surface area contributed by atoms with Gasteiger partial charge >= 0.3 is 5.91 Å². The molecule has 2 aromatic carbocycles. The van der Waals surface area contributed by atoms with Crippen LogP contribution < -0.4 is 14.4 Å². The number of Topliss-reactive ketones (excluding diaryl/α,β-unsaturated/α-hetero) is 1. The first-order valence-corrected chi connectivity index (χ1v) is 10.6. The van der Waals surface area contributed by atoms with Crippen LogP contribution >= 0.6 is 11.3 Å². The number of aromatic hydroxyl groups is 1. The number of phenolic OH excluding ortho intramolecular Hbond substituents is 1. The van der Waals surface area contributed by atoms with Gasteiger partial charge in [0.15, 0.2) is 16.6 Å². The molecule has 0 saturated carbocycles. The van der Waals surface area contributed by atoms with E-state index in [9.17, 15) is 19.8 Å². The zero-order valence-corrected chi connectivity index (χ0v) is 18.1. The monoisotopic (exact) mass is 452 g/mol. The normalized spacial score (nSPS) is 17.6. The molecule has 2 N–H and O–H groups in total. The maximum Gasteiger partial charge on any atom is 0.301 e. The second kappa shape index (κ2) is 8.72. The topological polar surface area (TPSA) is 109 Å². The van der Waals surface area contributed by atoms with Crippen molar-refractivity contribution in [3.8, 4) is 17.2 Å². The lowest BCUT2D eigenvalue weighted by atomic mass is 9.95. The summed E-state index contributed by atoms with van der Waals surface area (Å²) in [6.07, 6.45) is 1.53. The van der Waals surface area contributed by atoms with Crippen LogP contribution in [0.3, 0.4) is 0 Å². The molecule has 1 aliphatic heterocycles. The van der Waals surface area contributed by atoms with Gasteiger partial charge in [0.25, 0.3) is 5.78 Å². The van der Waals surface area contributed by atoms with Gasteiger partial charge in [-0.3, -0.25) is 14.5 Å². The number of aromatic nitrogens is 1. The number of carbonyl (C=O) groups excluding carboxylic acids is 2. The van der Waals surface area contributed by atoms with Crippen LogP contribution in [-0.4, -0.2) is 40.6 Å². The van der Waals surface area contributed by atoms with Crippen molar-refractivity contribution in [1.82, 2.24) is 4.98 Å². The molecule has 1 amide bonds. The van der Waals surface area contributed by atoms with Gasteiger partial charge < -0.3 is 19.7 Å². The van der Waals surface area contributed by atoms with Gasteiger partial charge in [0, 0.05) is 17.1 Å². The van der Waals surface area contributed by atoms with E-state index in [0.717, 1.165) is 0 Å². The highest BCUT2D eigenvalue weighted by Crippen LogP contribution is 2.44. The van der Waals surface area contributed by atoms with Gasteiger partial charge in [-0.25, -0.2) is 4.98 Å². The predicted octanol–water partition coefficient (Wildman–Crippen LogP) is 3.88. The molecule has 0 aliphatic carbocycles. The lowest BCUT2D eigenvalue weighted by Crippen LogP contribution is -2.29.